The van der Waals surface area contributed by atoms with Gasteiger partial charge in [0.25, 0.3) is 0 Å². The van der Waals surface area contributed by atoms with Crippen molar-refractivity contribution in [2.45, 2.75) is 6.42 Å². The van der Waals surface area contributed by atoms with E-state index < -0.39 is 0 Å². The van der Waals surface area contributed by atoms with Gasteiger partial charge in [-0.25, -0.2) is 0 Å². The third-order valence-corrected chi connectivity index (χ3v) is 4.55. The smallest absolute Gasteiger partial charge is 0.213 e. The summed E-state index contributed by atoms with van der Waals surface area (Å²) < 4.78 is 2.31. The summed E-state index contributed by atoms with van der Waals surface area (Å²) in [5, 5.41) is 3.92. The van der Waals surface area contributed by atoms with Gasteiger partial charge in [0.1, 0.15) is 7.05 Å². The van der Waals surface area contributed by atoms with Crippen LogP contribution in [0, 0.1) is 0 Å². The van der Waals surface area contributed by atoms with Gasteiger partial charge in [0.2, 0.25) is 5.52 Å². The summed E-state index contributed by atoms with van der Waals surface area (Å²) in [6.45, 7) is 0. The summed E-state index contributed by atoms with van der Waals surface area (Å²) in [6.07, 6.45) is 0.891. The van der Waals surface area contributed by atoms with Gasteiger partial charge >= 0.3 is 0 Å². The lowest BCUT2D eigenvalue weighted by molar-refractivity contribution is -0.651. The number of pyridine rings is 1. The van der Waals surface area contributed by atoms with Crippen LogP contribution in [0.1, 0.15) is 11.3 Å². The van der Waals surface area contributed by atoms with Crippen LogP contribution >= 0.6 is 0 Å². The average molecular weight is 335 g/mol. The highest BCUT2D eigenvalue weighted by Gasteiger charge is 2.18. The molecule has 0 aliphatic heterocycles. The zero-order valence-corrected chi connectivity index (χ0v) is 14.3. The minimum atomic E-state index is 0. The molecular formula is C21H19ClN2. The minimum absolute atomic E-state index is 0. The van der Waals surface area contributed by atoms with Crippen LogP contribution in [-0.2, 0) is 13.5 Å². The molecule has 1 aromatic heterocycles. The number of aromatic nitrogens is 1. The molecule has 0 spiro atoms. The molecule has 0 aliphatic rings. The number of hydrogen-bond acceptors (Lipinski definition) is 1. The number of nitrogen functional groups attached to an aromatic ring is 1. The van der Waals surface area contributed by atoms with Gasteiger partial charge in [-0.2, -0.15) is 4.57 Å². The fraction of sp³-hybridized carbons (Fsp3) is 0.0952. The lowest BCUT2D eigenvalue weighted by atomic mass is 9.99. The van der Waals surface area contributed by atoms with Gasteiger partial charge < -0.3 is 18.1 Å². The third-order valence-electron chi connectivity index (χ3n) is 4.55. The van der Waals surface area contributed by atoms with E-state index in [1.54, 1.807) is 0 Å². The van der Waals surface area contributed by atoms with E-state index in [0.29, 0.717) is 0 Å². The molecule has 4 rings (SSSR count). The first-order chi connectivity index (χ1) is 11.2. The molecule has 0 amide bonds. The Morgan fingerprint density at radius 1 is 0.750 bits per heavy atom. The molecule has 1 heterocycles. The van der Waals surface area contributed by atoms with Crippen LogP contribution in [0.2, 0.25) is 0 Å². The fourth-order valence-electron chi connectivity index (χ4n) is 3.33. The monoisotopic (exact) mass is 334 g/mol. The molecule has 3 aromatic carbocycles. The Morgan fingerprint density at radius 2 is 1.33 bits per heavy atom. The summed E-state index contributed by atoms with van der Waals surface area (Å²) >= 11 is 0. The standard InChI is InChI=1S/C21H19N2.ClH/c1-23-20-9-5-4-7-18(20)17-6-2-3-8-19(17)21(23)14-15-10-12-16(22)13-11-15;/h2-13H,14,22H2,1H3;1H/q+1;/p-1. The number of benzene rings is 3. The van der Waals surface area contributed by atoms with Crippen LogP contribution in [0.25, 0.3) is 21.7 Å². The summed E-state index contributed by atoms with van der Waals surface area (Å²) in [6, 6.07) is 25.4. The second kappa shape index (κ2) is 6.50. The van der Waals surface area contributed by atoms with Crippen molar-refractivity contribution < 1.29 is 17.0 Å². The van der Waals surface area contributed by atoms with Crippen molar-refractivity contribution in [3.05, 3.63) is 84.1 Å². The second-order valence-electron chi connectivity index (χ2n) is 5.99. The molecule has 0 fully saturated rings. The van der Waals surface area contributed by atoms with Gasteiger partial charge in [-0.05, 0) is 29.8 Å². The van der Waals surface area contributed by atoms with Crippen LogP contribution in [0.4, 0.5) is 5.69 Å². The van der Waals surface area contributed by atoms with E-state index in [4.69, 9.17) is 5.73 Å². The highest BCUT2D eigenvalue weighted by atomic mass is 35.5. The molecule has 0 saturated heterocycles. The summed E-state index contributed by atoms with van der Waals surface area (Å²) in [7, 11) is 2.15. The number of rotatable bonds is 2. The number of fused-ring (bicyclic) bond motifs is 3. The normalized spacial score (nSPS) is 10.7. The van der Waals surface area contributed by atoms with E-state index in [-0.39, 0.29) is 12.4 Å². The zero-order chi connectivity index (χ0) is 15.8. The number of para-hydroxylation sites is 1. The van der Waals surface area contributed by atoms with Crippen LogP contribution in [0.15, 0.2) is 72.8 Å². The fourth-order valence-corrected chi connectivity index (χ4v) is 3.33. The van der Waals surface area contributed by atoms with E-state index in [9.17, 15) is 0 Å². The Bertz CT molecular complexity index is 1010. The molecule has 4 aromatic rings. The number of halogens is 1. The molecular weight excluding hydrogens is 316 g/mol. The molecule has 0 atom stereocenters. The molecule has 0 unspecified atom stereocenters. The van der Waals surface area contributed by atoms with Gasteiger partial charge in [-0.3, -0.25) is 0 Å². The maximum absolute atomic E-state index is 5.81. The SMILES string of the molecule is C[n+]1c(Cc2ccc(N)cc2)c2ccccc2c2ccccc21.[Cl-]. The van der Waals surface area contributed by atoms with Crippen molar-refractivity contribution >= 4 is 27.4 Å². The van der Waals surface area contributed by atoms with Crippen molar-refractivity contribution in [2.75, 3.05) is 5.73 Å². The number of nitrogens with two attached hydrogens (primary N) is 1. The molecule has 120 valence electrons. The maximum Gasteiger partial charge on any atom is 0.213 e. The molecule has 0 bridgehead atoms. The Kier molecular flexibility index (Phi) is 4.41. The quantitative estimate of drug-likeness (QED) is 0.331. The van der Waals surface area contributed by atoms with E-state index >= 15 is 0 Å². The molecule has 0 radical (unpaired) electrons. The molecule has 2 N–H and O–H groups in total. The predicted molar refractivity (Wildman–Crippen MR) is 96.3 cm³/mol. The van der Waals surface area contributed by atoms with E-state index in [0.717, 1.165) is 12.1 Å². The highest BCUT2D eigenvalue weighted by Crippen LogP contribution is 2.26. The third kappa shape index (κ3) is 2.70. The number of aryl methyl sites for hydroxylation is 1. The summed E-state index contributed by atoms with van der Waals surface area (Å²) in [5.74, 6) is 0. The number of anilines is 1. The van der Waals surface area contributed by atoms with Gasteiger partial charge in [-0.15, -0.1) is 0 Å². The molecule has 2 nitrogen and oxygen atoms in total. The summed E-state index contributed by atoms with van der Waals surface area (Å²) in [4.78, 5) is 0. The van der Waals surface area contributed by atoms with E-state index in [1.165, 1.54) is 32.9 Å². The van der Waals surface area contributed by atoms with Crippen LogP contribution in [-0.4, -0.2) is 0 Å². The van der Waals surface area contributed by atoms with E-state index in [1.807, 2.05) is 12.1 Å². The molecule has 0 saturated carbocycles. The first kappa shape index (κ1) is 16.3. The van der Waals surface area contributed by atoms with Gasteiger partial charge in [0, 0.05) is 22.5 Å². The van der Waals surface area contributed by atoms with Crippen LogP contribution < -0.4 is 22.7 Å². The lowest BCUT2D eigenvalue weighted by Gasteiger charge is -2.09. The zero-order valence-electron chi connectivity index (χ0n) is 13.5. The first-order valence-corrected chi connectivity index (χ1v) is 7.87. The topological polar surface area (TPSA) is 29.9 Å². The maximum atomic E-state index is 5.81. The molecule has 24 heavy (non-hydrogen) atoms. The Hall–Kier alpha value is -2.58. The number of hydrogen-bond donors (Lipinski definition) is 1. The van der Waals surface area contributed by atoms with Gasteiger partial charge in [0.15, 0.2) is 5.69 Å². The first-order valence-electron chi connectivity index (χ1n) is 7.87. The largest absolute Gasteiger partial charge is 1.00 e. The highest BCUT2D eigenvalue weighted by molar-refractivity contribution is 6.04. The Labute approximate surface area is 148 Å². The van der Waals surface area contributed by atoms with Crippen LogP contribution in [0.3, 0.4) is 0 Å². The Balaban J connectivity index is 0.00000169. The van der Waals surface area contributed by atoms with Crippen LogP contribution in [0.5, 0.6) is 0 Å². The Morgan fingerprint density at radius 3 is 2.04 bits per heavy atom. The van der Waals surface area contributed by atoms with Crippen molar-refractivity contribution in [1.82, 2.24) is 0 Å². The van der Waals surface area contributed by atoms with Crippen molar-refractivity contribution in [1.29, 1.82) is 0 Å². The van der Waals surface area contributed by atoms with Gasteiger partial charge in [0.05, 0.1) is 11.8 Å². The molecule has 0 aliphatic carbocycles. The minimum Gasteiger partial charge on any atom is -1.00 e. The van der Waals surface area contributed by atoms with Crippen molar-refractivity contribution in [2.24, 2.45) is 7.05 Å². The van der Waals surface area contributed by atoms with Gasteiger partial charge in [-0.1, -0.05) is 42.5 Å². The van der Waals surface area contributed by atoms with Crippen molar-refractivity contribution in [3.63, 3.8) is 0 Å². The number of nitrogens with zero attached hydrogens (tertiary/aromatic N) is 1. The average Bonchev–Trinajstić information content (AvgIpc) is 2.60. The van der Waals surface area contributed by atoms with Crippen molar-refractivity contribution in [3.8, 4) is 0 Å². The second-order valence-corrected chi connectivity index (χ2v) is 5.99. The lowest BCUT2D eigenvalue weighted by Crippen LogP contribution is -3.00. The van der Waals surface area contributed by atoms with E-state index in [2.05, 4.69) is 72.3 Å². The molecule has 3 heteroatoms. The predicted octanol–water partition coefficient (Wildman–Crippen LogP) is 0.994. The summed E-state index contributed by atoms with van der Waals surface area (Å²) in [5.41, 5.74) is 10.5.